The van der Waals surface area contributed by atoms with E-state index >= 15 is 0 Å². The summed E-state index contributed by atoms with van der Waals surface area (Å²) in [6.07, 6.45) is 2.26. The smallest absolute Gasteiger partial charge is 0.248 e. The van der Waals surface area contributed by atoms with E-state index < -0.39 is 5.91 Å². The van der Waals surface area contributed by atoms with E-state index in [1.807, 2.05) is 4.40 Å². The number of pyridine rings is 1. The van der Waals surface area contributed by atoms with Gasteiger partial charge in [-0.25, -0.2) is 4.98 Å². The zero-order valence-electron chi connectivity index (χ0n) is 8.35. The molecule has 2 heterocycles. The number of imidazole rings is 1. The molecule has 6 heteroatoms. The first kappa shape index (κ1) is 11.3. The van der Waals surface area contributed by atoms with Crippen molar-refractivity contribution in [1.29, 1.82) is 0 Å². The molecule has 1 amide bonds. The van der Waals surface area contributed by atoms with Crippen molar-refractivity contribution >= 4 is 34.1 Å². The maximum Gasteiger partial charge on any atom is 0.248 e. The highest BCUT2D eigenvalue weighted by atomic mass is 127. The Morgan fingerprint density at radius 2 is 2.38 bits per heavy atom. The number of primary amides is 1. The molecule has 0 fully saturated rings. The Hall–Kier alpha value is -1.15. The van der Waals surface area contributed by atoms with Crippen molar-refractivity contribution in [2.45, 2.75) is 6.42 Å². The fourth-order valence-corrected chi connectivity index (χ4v) is 2.28. The number of nitrogens with zero attached hydrogens (tertiary/aromatic N) is 2. The number of amides is 1. The molecule has 0 spiro atoms. The van der Waals surface area contributed by atoms with Crippen molar-refractivity contribution < 1.29 is 9.90 Å². The number of rotatable bonds is 3. The zero-order valence-corrected chi connectivity index (χ0v) is 10.5. The molecule has 0 unspecified atom stereocenters. The third-order valence-electron chi connectivity index (χ3n) is 2.27. The average Bonchev–Trinajstić information content (AvgIpc) is 2.56. The van der Waals surface area contributed by atoms with E-state index in [1.54, 1.807) is 18.3 Å². The van der Waals surface area contributed by atoms with Crippen LogP contribution in [-0.4, -0.2) is 27.0 Å². The molecule has 0 radical (unpaired) electrons. The fraction of sp³-hybridized carbons (Fsp3) is 0.200. The maximum absolute atomic E-state index is 11.0. The molecule has 2 aromatic rings. The molecular formula is C10H10IN3O2. The molecule has 0 aromatic carbocycles. The Morgan fingerprint density at radius 3 is 3.00 bits per heavy atom. The summed E-state index contributed by atoms with van der Waals surface area (Å²) in [7, 11) is 0. The van der Waals surface area contributed by atoms with Crippen LogP contribution in [0.25, 0.3) is 5.65 Å². The minimum atomic E-state index is -0.468. The Bertz CT molecular complexity index is 550. The minimum absolute atomic E-state index is 0.0581. The van der Waals surface area contributed by atoms with Gasteiger partial charge in [0.05, 0.1) is 5.69 Å². The third kappa shape index (κ3) is 1.90. The summed E-state index contributed by atoms with van der Waals surface area (Å²) < 4.78 is 2.80. The number of aromatic nitrogens is 2. The lowest BCUT2D eigenvalue weighted by atomic mass is 10.2. The Labute approximate surface area is 105 Å². The Morgan fingerprint density at radius 1 is 1.62 bits per heavy atom. The van der Waals surface area contributed by atoms with Gasteiger partial charge in [-0.2, -0.15) is 0 Å². The molecule has 84 valence electrons. The third-order valence-corrected chi connectivity index (χ3v) is 3.41. The van der Waals surface area contributed by atoms with Crippen LogP contribution >= 0.6 is 22.6 Å². The fourth-order valence-electron chi connectivity index (χ4n) is 1.48. The summed E-state index contributed by atoms with van der Waals surface area (Å²) in [6, 6.07) is 3.30. The molecule has 0 bridgehead atoms. The predicted molar refractivity (Wildman–Crippen MR) is 67.2 cm³/mol. The first-order chi connectivity index (χ1) is 7.63. The largest absolute Gasteiger partial charge is 0.396 e. The summed E-state index contributed by atoms with van der Waals surface area (Å²) in [5, 5.41) is 8.89. The van der Waals surface area contributed by atoms with Gasteiger partial charge in [-0.3, -0.25) is 9.20 Å². The highest BCUT2D eigenvalue weighted by molar-refractivity contribution is 14.1. The Balaban J connectivity index is 2.58. The minimum Gasteiger partial charge on any atom is -0.396 e. The van der Waals surface area contributed by atoms with E-state index in [9.17, 15) is 4.79 Å². The topological polar surface area (TPSA) is 80.6 Å². The maximum atomic E-state index is 11.0. The highest BCUT2D eigenvalue weighted by Crippen LogP contribution is 2.16. The van der Waals surface area contributed by atoms with Crippen molar-refractivity contribution in [3.8, 4) is 0 Å². The molecule has 0 saturated carbocycles. The van der Waals surface area contributed by atoms with Crippen LogP contribution in [0.1, 0.15) is 16.1 Å². The molecular weight excluding hydrogens is 321 g/mol. The summed E-state index contributed by atoms with van der Waals surface area (Å²) in [6.45, 7) is 0.0581. The molecule has 0 aliphatic carbocycles. The van der Waals surface area contributed by atoms with E-state index in [1.165, 1.54) is 0 Å². The number of hydrogen-bond donors (Lipinski definition) is 2. The van der Waals surface area contributed by atoms with Crippen LogP contribution in [0.5, 0.6) is 0 Å². The normalized spacial score (nSPS) is 10.9. The van der Waals surface area contributed by atoms with Crippen LogP contribution in [0.15, 0.2) is 18.3 Å². The highest BCUT2D eigenvalue weighted by Gasteiger charge is 2.10. The number of aliphatic hydroxyl groups excluding tert-OH is 1. The second-order valence-electron chi connectivity index (χ2n) is 3.33. The van der Waals surface area contributed by atoms with Gasteiger partial charge in [-0.1, -0.05) is 0 Å². The van der Waals surface area contributed by atoms with Crippen molar-refractivity contribution in [3.05, 3.63) is 33.3 Å². The van der Waals surface area contributed by atoms with Gasteiger partial charge >= 0.3 is 0 Å². The number of fused-ring (bicyclic) bond motifs is 1. The van der Waals surface area contributed by atoms with Crippen LogP contribution < -0.4 is 5.73 Å². The van der Waals surface area contributed by atoms with E-state index in [-0.39, 0.29) is 6.61 Å². The molecule has 2 rings (SSSR count). The molecule has 3 N–H and O–H groups in total. The lowest BCUT2D eigenvalue weighted by Gasteiger charge is -1.97. The van der Waals surface area contributed by atoms with Crippen molar-refractivity contribution in [2.24, 2.45) is 5.73 Å². The molecule has 16 heavy (non-hydrogen) atoms. The van der Waals surface area contributed by atoms with Gasteiger partial charge < -0.3 is 10.8 Å². The average molecular weight is 331 g/mol. The number of carbonyl (C=O) groups is 1. The molecule has 0 aliphatic heterocycles. The summed E-state index contributed by atoms with van der Waals surface area (Å²) >= 11 is 2.16. The molecule has 0 atom stereocenters. The van der Waals surface area contributed by atoms with Crippen LogP contribution in [0, 0.1) is 3.70 Å². The van der Waals surface area contributed by atoms with Gasteiger partial charge in [0.1, 0.15) is 9.35 Å². The standard InChI is InChI=1S/C10H10IN3O2/c11-9-7(2-4-15)13-8-5-6(10(12)16)1-3-14(8)9/h1,3,5,15H,2,4H2,(H2,12,16). The number of nitrogens with two attached hydrogens (primary N) is 1. The number of aliphatic hydroxyl groups is 1. The van der Waals surface area contributed by atoms with E-state index in [0.29, 0.717) is 17.6 Å². The van der Waals surface area contributed by atoms with Crippen molar-refractivity contribution in [1.82, 2.24) is 9.38 Å². The molecule has 0 aliphatic rings. The van der Waals surface area contributed by atoms with Crippen molar-refractivity contribution in [3.63, 3.8) is 0 Å². The lowest BCUT2D eigenvalue weighted by molar-refractivity contribution is 0.100. The quantitative estimate of drug-likeness (QED) is 0.807. The van der Waals surface area contributed by atoms with Crippen LogP contribution in [0.3, 0.4) is 0 Å². The molecule has 2 aromatic heterocycles. The van der Waals surface area contributed by atoms with Gasteiger partial charge in [0, 0.05) is 24.8 Å². The van der Waals surface area contributed by atoms with Crippen molar-refractivity contribution in [2.75, 3.05) is 6.61 Å². The van der Waals surface area contributed by atoms with Gasteiger partial charge in [-0.15, -0.1) is 0 Å². The van der Waals surface area contributed by atoms with Gasteiger partial charge in [0.2, 0.25) is 5.91 Å². The second-order valence-corrected chi connectivity index (χ2v) is 4.35. The molecule has 5 nitrogen and oxygen atoms in total. The predicted octanol–water partition coefficient (Wildman–Crippen LogP) is 0.573. The second kappa shape index (κ2) is 4.38. The lowest BCUT2D eigenvalue weighted by Crippen LogP contribution is -2.11. The van der Waals surface area contributed by atoms with Crippen LogP contribution in [0.4, 0.5) is 0 Å². The summed E-state index contributed by atoms with van der Waals surface area (Å²) in [4.78, 5) is 15.3. The van der Waals surface area contributed by atoms with Gasteiger partial charge in [0.25, 0.3) is 0 Å². The summed E-state index contributed by atoms with van der Waals surface area (Å²) in [5.41, 5.74) is 7.12. The Kier molecular flexibility index (Phi) is 3.10. The number of carbonyl (C=O) groups excluding carboxylic acids is 1. The van der Waals surface area contributed by atoms with Gasteiger partial charge in [0.15, 0.2) is 0 Å². The van der Waals surface area contributed by atoms with Crippen LogP contribution in [-0.2, 0) is 6.42 Å². The summed E-state index contributed by atoms with van der Waals surface area (Å²) in [5.74, 6) is -0.468. The van der Waals surface area contributed by atoms with Crippen LogP contribution in [0.2, 0.25) is 0 Å². The number of halogens is 1. The van der Waals surface area contributed by atoms with E-state index in [2.05, 4.69) is 27.6 Å². The first-order valence-corrected chi connectivity index (χ1v) is 5.78. The zero-order chi connectivity index (χ0) is 11.7. The molecule has 0 saturated heterocycles. The number of hydrogen-bond acceptors (Lipinski definition) is 3. The van der Waals surface area contributed by atoms with E-state index in [0.717, 1.165) is 9.39 Å². The monoisotopic (exact) mass is 331 g/mol. The first-order valence-electron chi connectivity index (χ1n) is 4.70. The van der Waals surface area contributed by atoms with Gasteiger partial charge in [-0.05, 0) is 34.7 Å². The van der Waals surface area contributed by atoms with E-state index in [4.69, 9.17) is 10.8 Å². The SMILES string of the molecule is NC(=O)c1ccn2c(I)c(CCO)nc2c1.